The molecule has 2 rings (SSSR count). The normalized spacial score (nSPS) is 30.9. The Morgan fingerprint density at radius 1 is 0.828 bits per heavy atom. The van der Waals surface area contributed by atoms with Crippen molar-refractivity contribution in [2.75, 3.05) is 13.2 Å². The summed E-state index contributed by atoms with van der Waals surface area (Å²) in [5, 5.41) is 14.0. The summed E-state index contributed by atoms with van der Waals surface area (Å²) < 4.78 is 12.4. The van der Waals surface area contributed by atoms with Gasteiger partial charge >= 0.3 is 0 Å². The van der Waals surface area contributed by atoms with Crippen LogP contribution in [0.4, 0.5) is 0 Å². The summed E-state index contributed by atoms with van der Waals surface area (Å²) in [5.74, 6) is 0. The van der Waals surface area contributed by atoms with Gasteiger partial charge < -0.3 is 20.0 Å². The quantitative estimate of drug-likeness (QED) is 0.445. The van der Waals surface area contributed by atoms with Gasteiger partial charge in [-0.1, -0.05) is 17.9 Å². The average Bonchev–Trinajstić information content (AvgIpc) is 2.75. The van der Waals surface area contributed by atoms with Gasteiger partial charge in [0.1, 0.15) is 0 Å². The predicted octanol–water partition coefficient (Wildman–Crippen LogP) is 4.55. The van der Waals surface area contributed by atoms with E-state index in [-0.39, 0.29) is 28.3 Å². The Balaban J connectivity index is 1.57. The molecule has 2 aliphatic rings. The number of hydrogen-bond donors (Lipinski definition) is 1. The van der Waals surface area contributed by atoms with Crippen molar-refractivity contribution in [3.05, 3.63) is 0 Å². The Kier molecular flexibility index (Phi) is 8.23. The minimum absolute atomic E-state index is 0.0625. The lowest BCUT2D eigenvalue weighted by Gasteiger charge is -2.37. The molecule has 5 nitrogen and oxygen atoms in total. The highest BCUT2D eigenvalue weighted by molar-refractivity contribution is 5.04. The maximum absolute atomic E-state index is 8.49. The van der Waals surface area contributed by atoms with Gasteiger partial charge in [-0.2, -0.15) is 0 Å². The van der Waals surface area contributed by atoms with Crippen molar-refractivity contribution in [1.82, 2.24) is 10.4 Å². The van der Waals surface area contributed by atoms with E-state index in [0.717, 1.165) is 51.7 Å². The third-order valence-corrected chi connectivity index (χ3v) is 6.89. The second-order valence-corrected chi connectivity index (χ2v) is 11.9. The number of nitrogens with one attached hydrogen (secondary N) is 1. The summed E-state index contributed by atoms with van der Waals surface area (Å²) in [4.78, 5) is 0. The van der Waals surface area contributed by atoms with Gasteiger partial charge in [0.05, 0.1) is 23.3 Å². The highest BCUT2D eigenvalue weighted by Crippen LogP contribution is 2.36. The summed E-state index contributed by atoms with van der Waals surface area (Å²) in [7, 11) is 0. The fourth-order valence-corrected chi connectivity index (χ4v) is 5.36. The van der Waals surface area contributed by atoms with Gasteiger partial charge in [-0.3, -0.25) is 0 Å². The summed E-state index contributed by atoms with van der Waals surface area (Å²) in [6, 6.07) is 0. The van der Waals surface area contributed by atoms with E-state index in [0.29, 0.717) is 6.10 Å². The van der Waals surface area contributed by atoms with E-state index in [9.17, 15) is 0 Å². The minimum atomic E-state index is -0.139. The van der Waals surface area contributed by atoms with E-state index in [1.165, 1.54) is 12.8 Å². The first-order valence-corrected chi connectivity index (χ1v) is 11.8. The second-order valence-electron chi connectivity index (χ2n) is 11.9. The number of ether oxygens (including phenoxy) is 2. The third kappa shape index (κ3) is 7.17. The maximum atomic E-state index is 8.49. The number of unbranched alkanes of at least 4 members (excludes halogenated alkanes) is 3. The molecule has 172 valence electrons. The highest BCUT2D eigenvalue weighted by atomic mass is 16.5. The lowest BCUT2D eigenvalue weighted by molar-refractivity contribution is -0.223. The molecular weight excluding hydrogens is 364 g/mol. The molecule has 29 heavy (non-hydrogen) atoms. The van der Waals surface area contributed by atoms with Crippen molar-refractivity contribution in [3.8, 4) is 0 Å². The molecule has 2 saturated heterocycles. The number of hydrogen-bond acceptors (Lipinski definition) is 4. The smallest absolute Gasteiger partial charge is 0.0859 e. The Morgan fingerprint density at radius 2 is 1.41 bits per heavy atom. The van der Waals surface area contributed by atoms with Crippen LogP contribution >= 0.6 is 0 Å². The van der Waals surface area contributed by atoms with E-state index >= 15 is 0 Å². The topological polar surface area (TPSA) is 56.6 Å². The van der Waals surface area contributed by atoms with Crippen molar-refractivity contribution >= 4 is 0 Å². The van der Waals surface area contributed by atoms with Crippen LogP contribution in [0.2, 0.25) is 0 Å². The lowest BCUT2D eigenvalue weighted by atomic mass is 9.95. The van der Waals surface area contributed by atoms with Crippen molar-refractivity contribution in [3.63, 3.8) is 0 Å². The van der Waals surface area contributed by atoms with Gasteiger partial charge in [0, 0.05) is 24.3 Å². The molecule has 3 N–H and O–H groups in total. The molecule has 2 atom stereocenters. The molecule has 2 fully saturated rings. The average molecular weight is 414 g/mol. The zero-order valence-electron chi connectivity index (χ0n) is 20.5. The number of rotatable bonds is 9. The van der Waals surface area contributed by atoms with Gasteiger partial charge in [-0.15, -0.1) is 0 Å². The molecule has 0 amide bonds. The van der Waals surface area contributed by atoms with Crippen LogP contribution in [0, 0.1) is 0 Å². The molecule has 0 aromatic carbocycles. The maximum Gasteiger partial charge on any atom is 0.0859 e. The fourth-order valence-electron chi connectivity index (χ4n) is 5.36. The highest BCUT2D eigenvalue weighted by Gasteiger charge is 2.46. The predicted molar refractivity (Wildman–Crippen MR) is 121 cm³/mol. The van der Waals surface area contributed by atoms with Gasteiger partial charge in [0.15, 0.2) is 0 Å². The van der Waals surface area contributed by atoms with Crippen molar-refractivity contribution in [2.24, 2.45) is 0 Å². The minimum Gasteiger partial charge on any atom is -0.378 e. The summed E-state index contributed by atoms with van der Waals surface area (Å²) >= 11 is 0. The van der Waals surface area contributed by atoms with Crippen LogP contribution in [0.1, 0.15) is 107 Å². The van der Waals surface area contributed by atoms with Crippen LogP contribution in [0.25, 0.3) is 0 Å². The first-order valence-electron chi connectivity index (χ1n) is 11.8. The molecule has 0 aromatic rings. The Bertz CT molecular complexity index is 516. The van der Waals surface area contributed by atoms with Gasteiger partial charge in [0.25, 0.3) is 0 Å². The van der Waals surface area contributed by atoms with E-state index in [1.807, 2.05) is 0 Å². The van der Waals surface area contributed by atoms with Crippen LogP contribution < -0.4 is 5.32 Å². The second kappa shape index (κ2) is 9.52. The van der Waals surface area contributed by atoms with Crippen molar-refractivity contribution < 1.29 is 14.7 Å². The van der Waals surface area contributed by atoms with E-state index in [2.05, 4.69) is 60.7 Å². The van der Waals surface area contributed by atoms with Crippen molar-refractivity contribution in [2.45, 2.75) is 141 Å². The lowest BCUT2D eigenvalue weighted by Crippen LogP contribution is -2.52. The summed E-state index contributed by atoms with van der Waals surface area (Å²) in [6.45, 7) is 19.4. The third-order valence-electron chi connectivity index (χ3n) is 6.89. The monoisotopic (exact) mass is 413 g/mol. The van der Waals surface area contributed by atoms with Crippen LogP contribution in [-0.2, 0) is 9.47 Å². The van der Waals surface area contributed by atoms with Crippen LogP contribution in [0.5, 0.6) is 0 Å². The first kappa shape index (κ1) is 25.1. The molecule has 0 aromatic heterocycles. The number of nitrogens with zero attached hydrogens (tertiary/aromatic N) is 1. The molecule has 0 spiro atoms. The molecule has 0 radical (unpaired) electrons. The Morgan fingerprint density at radius 3 is 1.97 bits per heavy atom. The molecule has 5 heteroatoms. The van der Waals surface area contributed by atoms with Crippen molar-refractivity contribution in [1.29, 1.82) is 0 Å². The zero-order chi connectivity index (χ0) is 21.9. The van der Waals surface area contributed by atoms with Gasteiger partial charge in [-0.05, 0) is 93.9 Å². The van der Waals surface area contributed by atoms with E-state index < -0.39 is 0 Å². The van der Waals surface area contributed by atoms with Gasteiger partial charge in [0.2, 0.25) is 0 Å². The van der Waals surface area contributed by atoms with Crippen LogP contribution in [0.3, 0.4) is 0 Å². The molecule has 2 aliphatic heterocycles. The number of hydroxylamine groups is 2. The summed E-state index contributed by atoms with van der Waals surface area (Å²) in [6.07, 6.45) is 9.34. The fraction of sp³-hybridized carbons (Fsp3) is 1.00. The zero-order valence-corrected chi connectivity index (χ0v) is 20.5. The molecule has 0 aliphatic carbocycles. The van der Waals surface area contributed by atoms with E-state index in [1.54, 1.807) is 5.06 Å². The molecule has 0 bridgehead atoms. The standard InChI is InChI=1S/C24H48N2O3/c1-21(2)18-20(24(7,8)25-21)29-16-12-10-9-11-15-28-19-13-14-22(3,4)26(27)23(5,6)17-19/h19-20,25,27H,9-18H2,1-8H3/p+1. The summed E-state index contributed by atoms with van der Waals surface area (Å²) in [5.41, 5.74) is 0.0109. The SMILES string of the molecule is CC1(C)CC(OCCCCCCOC2CCC(C)(C)N([OH2+])C(C)(C)C2)C(C)(C)N1. The van der Waals surface area contributed by atoms with Gasteiger partial charge in [-0.25, -0.2) is 0 Å². The molecule has 0 saturated carbocycles. The molecular formula is C24H49N2O3+. The van der Waals surface area contributed by atoms with E-state index in [4.69, 9.17) is 14.7 Å². The first-order chi connectivity index (χ1) is 13.3. The largest absolute Gasteiger partial charge is 0.378 e. The Labute approximate surface area is 179 Å². The van der Waals surface area contributed by atoms with Crippen LogP contribution in [0.15, 0.2) is 0 Å². The van der Waals surface area contributed by atoms with Crippen LogP contribution in [-0.4, -0.2) is 57.8 Å². The molecule has 2 heterocycles. The Hall–Kier alpha value is -0.200. The molecule has 2 unspecified atom stereocenters.